The van der Waals surface area contributed by atoms with Crippen molar-refractivity contribution in [3.8, 4) is 11.5 Å². The molecular formula is C24H24N4O3. The van der Waals surface area contributed by atoms with E-state index in [1.807, 2.05) is 44.2 Å². The van der Waals surface area contributed by atoms with Crippen molar-refractivity contribution in [2.24, 2.45) is 0 Å². The van der Waals surface area contributed by atoms with E-state index in [4.69, 9.17) is 9.47 Å². The Hall–Kier alpha value is -3.87. The number of anilines is 1. The van der Waals surface area contributed by atoms with Crippen LogP contribution in [0.25, 0.3) is 11.0 Å². The fourth-order valence-electron chi connectivity index (χ4n) is 3.61. The Balaban J connectivity index is 1.57. The van der Waals surface area contributed by atoms with Crippen LogP contribution < -0.4 is 14.8 Å². The zero-order valence-electron chi connectivity index (χ0n) is 18.0. The predicted molar refractivity (Wildman–Crippen MR) is 120 cm³/mol. The lowest BCUT2D eigenvalue weighted by Gasteiger charge is -2.11. The summed E-state index contributed by atoms with van der Waals surface area (Å²) in [7, 11) is 3.24. The van der Waals surface area contributed by atoms with E-state index in [2.05, 4.69) is 21.5 Å². The number of rotatable bonds is 6. The van der Waals surface area contributed by atoms with Crippen LogP contribution in [0.4, 0.5) is 5.69 Å². The predicted octanol–water partition coefficient (Wildman–Crippen LogP) is 4.37. The van der Waals surface area contributed by atoms with Crippen LogP contribution in [0, 0.1) is 13.8 Å². The van der Waals surface area contributed by atoms with Crippen molar-refractivity contribution in [2.45, 2.75) is 20.4 Å². The SMILES string of the molecule is COc1ccc(Cn2ncc3cc(C(=O)Nc4cc(C)cc(C)c4)cnc32)c(OC)c1. The second kappa shape index (κ2) is 8.47. The molecule has 31 heavy (non-hydrogen) atoms. The van der Waals surface area contributed by atoms with E-state index in [0.717, 1.165) is 33.5 Å². The number of hydrogen-bond donors (Lipinski definition) is 1. The van der Waals surface area contributed by atoms with Gasteiger partial charge in [-0.05, 0) is 55.3 Å². The summed E-state index contributed by atoms with van der Waals surface area (Å²) in [6.45, 7) is 4.49. The zero-order valence-corrected chi connectivity index (χ0v) is 18.0. The van der Waals surface area contributed by atoms with Crippen molar-refractivity contribution in [2.75, 3.05) is 19.5 Å². The molecule has 2 aromatic heterocycles. The van der Waals surface area contributed by atoms with Crippen molar-refractivity contribution in [1.29, 1.82) is 0 Å². The summed E-state index contributed by atoms with van der Waals surface area (Å²) in [6.07, 6.45) is 3.29. The molecule has 0 atom stereocenters. The number of nitrogens with one attached hydrogen (secondary N) is 1. The Morgan fingerprint density at radius 3 is 2.48 bits per heavy atom. The van der Waals surface area contributed by atoms with Crippen molar-refractivity contribution < 1.29 is 14.3 Å². The first-order valence-corrected chi connectivity index (χ1v) is 9.89. The van der Waals surface area contributed by atoms with Gasteiger partial charge in [-0.25, -0.2) is 9.67 Å². The first-order valence-electron chi connectivity index (χ1n) is 9.89. The van der Waals surface area contributed by atoms with E-state index in [9.17, 15) is 4.79 Å². The fraction of sp³-hybridized carbons (Fsp3) is 0.208. The number of amides is 1. The summed E-state index contributed by atoms with van der Waals surface area (Å²) < 4.78 is 12.5. The molecule has 0 bridgehead atoms. The molecule has 2 heterocycles. The molecule has 0 fully saturated rings. The maximum atomic E-state index is 12.7. The molecule has 0 unspecified atom stereocenters. The number of carbonyl (C=O) groups excluding carboxylic acids is 1. The first-order chi connectivity index (χ1) is 15.0. The smallest absolute Gasteiger partial charge is 0.257 e. The molecule has 0 saturated heterocycles. The minimum absolute atomic E-state index is 0.205. The van der Waals surface area contributed by atoms with Gasteiger partial charge in [0.2, 0.25) is 0 Å². The van der Waals surface area contributed by atoms with Gasteiger partial charge in [-0.2, -0.15) is 5.10 Å². The van der Waals surface area contributed by atoms with Crippen molar-refractivity contribution in [3.63, 3.8) is 0 Å². The minimum atomic E-state index is -0.205. The number of aromatic nitrogens is 3. The van der Waals surface area contributed by atoms with Crippen LogP contribution in [0.15, 0.2) is 54.9 Å². The van der Waals surface area contributed by atoms with Gasteiger partial charge in [0.05, 0.1) is 32.5 Å². The Morgan fingerprint density at radius 1 is 1.00 bits per heavy atom. The molecule has 1 N–H and O–H groups in total. The molecule has 0 aliphatic heterocycles. The Kier molecular flexibility index (Phi) is 5.58. The second-order valence-electron chi connectivity index (χ2n) is 7.45. The van der Waals surface area contributed by atoms with E-state index < -0.39 is 0 Å². The molecule has 1 amide bonds. The van der Waals surface area contributed by atoms with Crippen LogP contribution in [0.2, 0.25) is 0 Å². The molecule has 7 nitrogen and oxygen atoms in total. The lowest BCUT2D eigenvalue weighted by atomic mass is 10.1. The Bertz CT molecular complexity index is 1240. The van der Waals surface area contributed by atoms with Gasteiger partial charge in [0.25, 0.3) is 5.91 Å². The number of carbonyl (C=O) groups is 1. The molecule has 0 aliphatic carbocycles. The summed E-state index contributed by atoms with van der Waals surface area (Å²) >= 11 is 0. The van der Waals surface area contributed by atoms with Crippen LogP contribution in [0.5, 0.6) is 11.5 Å². The van der Waals surface area contributed by atoms with Gasteiger partial charge < -0.3 is 14.8 Å². The third kappa shape index (κ3) is 4.35. The highest BCUT2D eigenvalue weighted by Crippen LogP contribution is 2.26. The number of nitrogens with zero attached hydrogens (tertiary/aromatic N) is 3. The van der Waals surface area contributed by atoms with Crippen molar-refractivity contribution >= 4 is 22.6 Å². The number of benzene rings is 2. The molecule has 0 aliphatic rings. The van der Waals surface area contributed by atoms with Gasteiger partial charge in [-0.3, -0.25) is 4.79 Å². The van der Waals surface area contributed by atoms with Gasteiger partial charge in [-0.1, -0.05) is 6.07 Å². The van der Waals surface area contributed by atoms with Gasteiger partial charge in [0, 0.05) is 28.9 Å². The van der Waals surface area contributed by atoms with Crippen LogP contribution in [-0.2, 0) is 6.54 Å². The third-order valence-corrected chi connectivity index (χ3v) is 5.03. The number of ether oxygens (including phenoxy) is 2. The monoisotopic (exact) mass is 416 g/mol. The molecule has 0 radical (unpaired) electrons. The van der Waals surface area contributed by atoms with Gasteiger partial charge in [-0.15, -0.1) is 0 Å². The van der Waals surface area contributed by atoms with Crippen LogP contribution in [0.1, 0.15) is 27.0 Å². The maximum Gasteiger partial charge on any atom is 0.257 e. The van der Waals surface area contributed by atoms with E-state index in [-0.39, 0.29) is 5.91 Å². The van der Waals surface area contributed by atoms with Crippen molar-refractivity contribution in [1.82, 2.24) is 14.8 Å². The summed E-state index contributed by atoms with van der Waals surface area (Å²) in [5, 5.41) is 8.19. The van der Waals surface area contributed by atoms with E-state index >= 15 is 0 Å². The third-order valence-electron chi connectivity index (χ3n) is 5.03. The quantitative estimate of drug-likeness (QED) is 0.505. The normalized spacial score (nSPS) is 10.8. The number of pyridine rings is 1. The summed E-state index contributed by atoms with van der Waals surface area (Å²) in [4.78, 5) is 17.2. The topological polar surface area (TPSA) is 78.3 Å². The average molecular weight is 416 g/mol. The molecular weight excluding hydrogens is 392 g/mol. The van der Waals surface area contributed by atoms with Gasteiger partial charge in [0.15, 0.2) is 5.65 Å². The largest absolute Gasteiger partial charge is 0.497 e. The summed E-state index contributed by atoms with van der Waals surface area (Å²) in [5.41, 5.74) is 5.09. The standard InChI is InChI=1S/C24H24N4O3/c1-15-7-16(2)9-20(8-15)27-24(29)19-10-18-13-26-28(23(18)25-12-19)14-17-5-6-21(30-3)11-22(17)31-4/h5-13H,14H2,1-4H3,(H,27,29). The maximum absolute atomic E-state index is 12.7. The van der Waals surface area contributed by atoms with E-state index in [1.165, 1.54) is 0 Å². The molecule has 7 heteroatoms. The van der Waals surface area contributed by atoms with Crippen LogP contribution in [-0.4, -0.2) is 34.9 Å². The summed E-state index contributed by atoms with van der Waals surface area (Å²) in [6, 6.07) is 13.4. The van der Waals surface area contributed by atoms with Crippen molar-refractivity contribution in [3.05, 3.63) is 77.1 Å². The molecule has 4 rings (SSSR count). The molecule has 158 valence electrons. The van der Waals surface area contributed by atoms with Gasteiger partial charge >= 0.3 is 0 Å². The lowest BCUT2D eigenvalue weighted by Crippen LogP contribution is -2.12. The Labute approximate surface area is 180 Å². The molecule has 0 saturated carbocycles. The first kappa shape index (κ1) is 20.4. The highest BCUT2D eigenvalue weighted by atomic mass is 16.5. The number of hydrogen-bond acceptors (Lipinski definition) is 5. The lowest BCUT2D eigenvalue weighted by molar-refractivity contribution is 0.102. The van der Waals surface area contributed by atoms with E-state index in [1.54, 1.807) is 37.4 Å². The van der Waals surface area contributed by atoms with Gasteiger partial charge in [0.1, 0.15) is 11.5 Å². The molecule has 2 aromatic carbocycles. The number of aryl methyl sites for hydroxylation is 2. The minimum Gasteiger partial charge on any atom is -0.497 e. The fourth-order valence-corrected chi connectivity index (χ4v) is 3.61. The highest BCUT2D eigenvalue weighted by Gasteiger charge is 2.13. The van der Waals surface area contributed by atoms with Crippen LogP contribution >= 0.6 is 0 Å². The second-order valence-corrected chi connectivity index (χ2v) is 7.45. The zero-order chi connectivity index (χ0) is 22.0. The number of fused-ring (bicyclic) bond motifs is 1. The Morgan fingerprint density at radius 2 is 1.77 bits per heavy atom. The average Bonchev–Trinajstić information content (AvgIpc) is 3.15. The molecule has 0 spiro atoms. The number of methoxy groups -OCH3 is 2. The summed E-state index contributed by atoms with van der Waals surface area (Å²) in [5.74, 6) is 1.24. The molecule has 4 aromatic rings. The van der Waals surface area contributed by atoms with E-state index in [0.29, 0.717) is 23.5 Å². The van der Waals surface area contributed by atoms with Crippen LogP contribution in [0.3, 0.4) is 0 Å². The highest BCUT2D eigenvalue weighted by molar-refractivity contribution is 6.05.